The van der Waals surface area contributed by atoms with Gasteiger partial charge in [-0.05, 0) is 18.2 Å². The van der Waals surface area contributed by atoms with Gasteiger partial charge >= 0.3 is 0 Å². The van der Waals surface area contributed by atoms with Crippen LogP contribution in [0, 0.1) is 0 Å². The molecule has 0 radical (unpaired) electrons. The number of anilines is 1. The summed E-state index contributed by atoms with van der Waals surface area (Å²) >= 11 is 11.7. The van der Waals surface area contributed by atoms with E-state index in [2.05, 4.69) is 9.97 Å². The van der Waals surface area contributed by atoms with Crippen molar-refractivity contribution in [2.24, 2.45) is 0 Å². The van der Waals surface area contributed by atoms with Crippen LogP contribution in [0.1, 0.15) is 10.4 Å². The minimum absolute atomic E-state index is 0.220. The molecule has 0 fully saturated rings. The molecule has 2 heterocycles. The summed E-state index contributed by atoms with van der Waals surface area (Å²) in [5.41, 5.74) is 0.296. The van der Waals surface area contributed by atoms with Crippen LogP contribution in [0.15, 0.2) is 36.7 Å². The lowest BCUT2D eigenvalue weighted by molar-refractivity contribution is 0.0992. The highest BCUT2D eigenvalue weighted by Crippen LogP contribution is 2.21. The molecule has 0 aliphatic heterocycles. The summed E-state index contributed by atoms with van der Waals surface area (Å²) < 4.78 is 0. The second kappa shape index (κ2) is 5.33. The van der Waals surface area contributed by atoms with Crippen LogP contribution in [-0.2, 0) is 0 Å². The fraction of sp³-hybridized carbons (Fsp3) is 0.0833. The smallest absolute Gasteiger partial charge is 0.260 e. The Kier molecular flexibility index (Phi) is 3.79. The Hall–Kier alpha value is -1.65. The molecule has 0 saturated heterocycles. The first-order valence-corrected chi connectivity index (χ1v) is 5.85. The van der Waals surface area contributed by atoms with Crippen molar-refractivity contribution in [2.45, 2.75) is 0 Å². The first kappa shape index (κ1) is 12.8. The highest BCUT2D eigenvalue weighted by atomic mass is 35.5. The third-order valence-corrected chi connectivity index (χ3v) is 2.86. The standard InChI is InChI=1S/C12H9Cl2N3O/c1-17(11-4-2-3-5-15-11)12(18)8-6-10(14)16-7-9(8)13/h2-7H,1H3. The molecule has 6 heteroatoms. The van der Waals surface area contributed by atoms with E-state index in [9.17, 15) is 4.79 Å². The first-order valence-electron chi connectivity index (χ1n) is 5.09. The number of pyridine rings is 2. The van der Waals surface area contributed by atoms with Crippen LogP contribution in [0.3, 0.4) is 0 Å². The summed E-state index contributed by atoms with van der Waals surface area (Å²) in [6.45, 7) is 0. The van der Waals surface area contributed by atoms with Gasteiger partial charge in [0.1, 0.15) is 11.0 Å². The van der Waals surface area contributed by atoms with Crippen LogP contribution >= 0.6 is 23.2 Å². The molecule has 0 N–H and O–H groups in total. The number of aromatic nitrogens is 2. The third-order valence-electron chi connectivity index (χ3n) is 2.35. The lowest BCUT2D eigenvalue weighted by Crippen LogP contribution is -2.27. The normalized spacial score (nSPS) is 10.2. The van der Waals surface area contributed by atoms with Gasteiger partial charge in [-0.2, -0.15) is 0 Å². The quantitative estimate of drug-likeness (QED) is 0.795. The number of hydrogen-bond acceptors (Lipinski definition) is 3. The van der Waals surface area contributed by atoms with E-state index in [0.717, 1.165) is 0 Å². The van der Waals surface area contributed by atoms with E-state index in [-0.39, 0.29) is 16.1 Å². The van der Waals surface area contributed by atoms with Gasteiger partial charge in [0.15, 0.2) is 0 Å². The van der Waals surface area contributed by atoms with E-state index in [1.165, 1.54) is 17.2 Å². The maximum Gasteiger partial charge on any atom is 0.260 e. The molecule has 2 aromatic rings. The molecule has 0 saturated carbocycles. The average molecular weight is 282 g/mol. The lowest BCUT2D eigenvalue weighted by atomic mass is 10.2. The number of nitrogens with zero attached hydrogens (tertiary/aromatic N) is 3. The molecular weight excluding hydrogens is 273 g/mol. The van der Waals surface area contributed by atoms with Gasteiger partial charge in [-0.15, -0.1) is 0 Å². The molecule has 4 nitrogen and oxygen atoms in total. The molecule has 0 unspecified atom stereocenters. The van der Waals surface area contributed by atoms with E-state index in [1.807, 2.05) is 0 Å². The Labute approximate surface area is 114 Å². The Bertz CT molecular complexity index is 575. The van der Waals surface area contributed by atoms with Crippen molar-refractivity contribution >= 4 is 34.9 Å². The van der Waals surface area contributed by atoms with E-state index in [0.29, 0.717) is 11.4 Å². The van der Waals surface area contributed by atoms with Gasteiger partial charge in [0.25, 0.3) is 5.91 Å². The highest BCUT2D eigenvalue weighted by Gasteiger charge is 2.17. The Balaban J connectivity index is 2.34. The molecule has 18 heavy (non-hydrogen) atoms. The van der Waals surface area contributed by atoms with Crippen molar-refractivity contribution in [3.63, 3.8) is 0 Å². The number of hydrogen-bond donors (Lipinski definition) is 0. The zero-order valence-electron chi connectivity index (χ0n) is 9.47. The molecule has 0 aliphatic rings. The summed E-state index contributed by atoms with van der Waals surface area (Å²) in [6.07, 6.45) is 2.96. The van der Waals surface area contributed by atoms with Crippen LogP contribution in [0.25, 0.3) is 0 Å². The number of carbonyl (C=O) groups excluding carboxylic acids is 1. The number of rotatable bonds is 2. The van der Waals surface area contributed by atoms with Crippen LogP contribution < -0.4 is 4.90 Å². The fourth-order valence-corrected chi connectivity index (χ4v) is 1.76. The lowest BCUT2D eigenvalue weighted by Gasteiger charge is -2.16. The second-order valence-corrected chi connectivity index (χ2v) is 4.33. The molecular formula is C12H9Cl2N3O. The zero-order valence-corrected chi connectivity index (χ0v) is 11.0. The first-order chi connectivity index (χ1) is 8.59. The van der Waals surface area contributed by atoms with Crippen molar-refractivity contribution in [3.05, 3.63) is 52.4 Å². The molecule has 92 valence electrons. The van der Waals surface area contributed by atoms with Crippen LogP contribution in [0.5, 0.6) is 0 Å². The molecule has 0 aliphatic carbocycles. The second-order valence-electron chi connectivity index (χ2n) is 3.54. The molecule has 0 spiro atoms. The average Bonchev–Trinajstić information content (AvgIpc) is 2.41. The third kappa shape index (κ3) is 2.60. The molecule has 2 aromatic heterocycles. The van der Waals surface area contributed by atoms with E-state index in [1.54, 1.807) is 31.4 Å². The summed E-state index contributed by atoms with van der Waals surface area (Å²) in [4.78, 5) is 21.5. The molecule has 1 amide bonds. The SMILES string of the molecule is CN(C(=O)c1cc(Cl)ncc1Cl)c1ccccn1. The molecule has 0 aromatic carbocycles. The van der Waals surface area contributed by atoms with E-state index < -0.39 is 0 Å². The Morgan fingerprint density at radius 1 is 1.28 bits per heavy atom. The number of amides is 1. The van der Waals surface area contributed by atoms with Crippen molar-refractivity contribution in [1.29, 1.82) is 0 Å². The van der Waals surface area contributed by atoms with Crippen molar-refractivity contribution in [1.82, 2.24) is 9.97 Å². The summed E-state index contributed by atoms with van der Waals surface area (Å²) in [5.74, 6) is 0.245. The minimum atomic E-state index is -0.289. The largest absolute Gasteiger partial charge is 0.296 e. The minimum Gasteiger partial charge on any atom is -0.296 e. The molecule has 2 rings (SSSR count). The van der Waals surface area contributed by atoms with Crippen LogP contribution in [0.4, 0.5) is 5.82 Å². The summed E-state index contributed by atoms with van der Waals surface area (Å²) in [5, 5.41) is 0.476. The van der Waals surface area contributed by atoms with Gasteiger partial charge in [0.2, 0.25) is 0 Å². The molecule has 0 atom stereocenters. The highest BCUT2D eigenvalue weighted by molar-refractivity contribution is 6.35. The van der Waals surface area contributed by atoms with Gasteiger partial charge in [0, 0.05) is 19.4 Å². The number of halogens is 2. The predicted octanol–water partition coefficient (Wildman–Crippen LogP) is 3.06. The summed E-state index contributed by atoms with van der Waals surface area (Å²) in [6, 6.07) is 6.74. The fourth-order valence-electron chi connectivity index (χ4n) is 1.41. The van der Waals surface area contributed by atoms with Crippen molar-refractivity contribution < 1.29 is 4.79 Å². The maximum atomic E-state index is 12.2. The number of carbonyl (C=O) groups is 1. The zero-order chi connectivity index (χ0) is 13.1. The molecule has 0 bridgehead atoms. The van der Waals surface area contributed by atoms with Gasteiger partial charge in [-0.25, -0.2) is 9.97 Å². The van der Waals surface area contributed by atoms with E-state index >= 15 is 0 Å². The summed E-state index contributed by atoms with van der Waals surface area (Å²) in [7, 11) is 1.62. The Morgan fingerprint density at radius 2 is 2.06 bits per heavy atom. The maximum absolute atomic E-state index is 12.2. The van der Waals surface area contributed by atoms with Crippen LogP contribution in [0.2, 0.25) is 10.2 Å². The van der Waals surface area contributed by atoms with Crippen molar-refractivity contribution in [3.8, 4) is 0 Å². The van der Waals surface area contributed by atoms with E-state index in [4.69, 9.17) is 23.2 Å². The topological polar surface area (TPSA) is 46.1 Å². The van der Waals surface area contributed by atoms with Gasteiger partial charge in [-0.3, -0.25) is 9.69 Å². The van der Waals surface area contributed by atoms with Gasteiger partial charge in [0.05, 0.1) is 10.6 Å². The van der Waals surface area contributed by atoms with Crippen LogP contribution in [-0.4, -0.2) is 22.9 Å². The van der Waals surface area contributed by atoms with Gasteiger partial charge < -0.3 is 0 Å². The Morgan fingerprint density at radius 3 is 2.72 bits per heavy atom. The predicted molar refractivity (Wildman–Crippen MR) is 71.2 cm³/mol. The van der Waals surface area contributed by atoms with Gasteiger partial charge in [-0.1, -0.05) is 29.3 Å². The van der Waals surface area contributed by atoms with Crippen molar-refractivity contribution in [2.75, 3.05) is 11.9 Å². The monoisotopic (exact) mass is 281 g/mol.